The normalized spacial score (nSPS) is 27.6. The van der Waals surface area contributed by atoms with Crippen LogP contribution in [0.15, 0.2) is 0 Å². The van der Waals surface area contributed by atoms with Gasteiger partial charge < -0.3 is 5.73 Å². The first kappa shape index (κ1) is 13.9. The molecule has 1 rings (SSSR count). The van der Waals surface area contributed by atoms with E-state index in [1.807, 2.05) is 0 Å². The Labute approximate surface area is 101 Å². The number of carbonyl (C=O) groups excluding carboxylic acids is 1. The Balaban J connectivity index is 2.93. The van der Waals surface area contributed by atoms with Gasteiger partial charge in [0, 0.05) is 13.1 Å². The van der Waals surface area contributed by atoms with E-state index >= 15 is 0 Å². The van der Waals surface area contributed by atoms with Crippen molar-refractivity contribution in [2.75, 3.05) is 13.1 Å². The molecule has 0 bridgehead atoms. The number of sulfonamides is 1. The number of amides is 1. The van der Waals surface area contributed by atoms with Crippen molar-refractivity contribution in [2.24, 2.45) is 11.1 Å². The third-order valence-electron chi connectivity index (χ3n) is 3.27. The minimum atomic E-state index is -3.64. The van der Waals surface area contributed by atoms with Gasteiger partial charge in [0.2, 0.25) is 15.9 Å². The third kappa shape index (κ3) is 2.42. The summed E-state index contributed by atoms with van der Waals surface area (Å²) < 4.78 is 25.3. The van der Waals surface area contributed by atoms with Crippen molar-refractivity contribution in [3.05, 3.63) is 0 Å². The lowest BCUT2D eigenvalue weighted by atomic mass is 9.89. The maximum Gasteiger partial charge on any atom is 0.230 e. The standard InChI is InChI=1S/C10H17N3O3S/c1-3-8(6-11)17(15,16)13-5-4-10(2,7-13)9(12)14/h8H,3-5,7H2,1-2H3,(H2,12,14). The molecule has 0 radical (unpaired) electrons. The molecule has 1 amide bonds. The van der Waals surface area contributed by atoms with E-state index in [0.717, 1.165) is 0 Å². The maximum absolute atomic E-state index is 12.1. The molecule has 1 saturated heterocycles. The molecule has 96 valence electrons. The summed E-state index contributed by atoms with van der Waals surface area (Å²) in [4.78, 5) is 11.2. The van der Waals surface area contributed by atoms with E-state index in [0.29, 0.717) is 6.42 Å². The van der Waals surface area contributed by atoms with Crippen LogP contribution >= 0.6 is 0 Å². The van der Waals surface area contributed by atoms with E-state index in [4.69, 9.17) is 11.0 Å². The quantitative estimate of drug-likeness (QED) is 0.755. The number of primary amides is 1. The summed E-state index contributed by atoms with van der Waals surface area (Å²) in [5.41, 5.74) is 4.43. The van der Waals surface area contributed by atoms with Gasteiger partial charge in [-0.1, -0.05) is 6.92 Å². The molecule has 1 aliphatic rings. The fourth-order valence-corrected chi connectivity index (χ4v) is 3.61. The van der Waals surface area contributed by atoms with Gasteiger partial charge in [-0.15, -0.1) is 0 Å². The number of hydrogen-bond donors (Lipinski definition) is 1. The van der Waals surface area contributed by atoms with Crippen LogP contribution in [0.2, 0.25) is 0 Å². The van der Waals surface area contributed by atoms with Gasteiger partial charge in [-0.25, -0.2) is 8.42 Å². The lowest BCUT2D eigenvalue weighted by Gasteiger charge is -2.22. The Morgan fingerprint density at radius 2 is 2.24 bits per heavy atom. The first-order valence-electron chi connectivity index (χ1n) is 5.46. The topological polar surface area (TPSA) is 104 Å². The highest BCUT2D eigenvalue weighted by molar-refractivity contribution is 7.90. The molecule has 0 spiro atoms. The van der Waals surface area contributed by atoms with E-state index < -0.39 is 26.6 Å². The molecule has 2 N–H and O–H groups in total. The summed E-state index contributed by atoms with van der Waals surface area (Å²) in [6.07, 6.45) is 0.645. The molecular weight excluding hydrogens is 242 g/mol. The Hall–Kier alpha value is -1.13. The SMILES string of the molecule is CCC(C#N)S(=O)(=O)N1CCC(C)(C(N)=O)C1. The monoisotopic (exact) mass is 259 g/mol. The summed E-state index contributed by atoms with van der Waals surface area (Å²) in [7, 11) is -3.64. The smallest absolute Gasteiger partial charge is 0.230 e. The molecule has 0 aliphatic carbocycles. The van der Waals surface area contributed by atoms with Crippen LogP contribution in [0.3, 0.4) is 0 Å². The van der Waals surface area contributed by atoms with E-state index in [1.165, 1.54) is 4.31 Å². The number of nitriles is 1. The molecule has 7 heteroatoms. The van der Waals surface area contributed by atoms with E-state index in [2.05, 4.69) is 0 Å². The van der Waals surface area contributed by atoms with Crippen molar-refractivity contribution < 1.29 is 13.2 Å². The average molecular weight is 259 g/mol. The highest BCUT2D eigenvalue weighted by Crippen LogP contribution is 2.32. The zero-order valence-corrected chi connectivity index (χ0v) is 10.8. The van der Waals surface area contributed by atoms with Crippen molar-refractivity contribution in [3.8, 4) is 6.07 Å². The highest BCUT2D eigenvalue weighted by Gasteiger charge is 2.45. The van der Waals surface area contributed by atoms with E-state index in [1.54, 1.807) is 19.9 Å². The van der Waals surface area contributed by atoms with Crippen molar-refractivity contribution >= 4 is 15.9 Å². The zero-order chi connectivity index (χ0) is 13.3. The average Bonchev–Trinajstić information content (AvgIpc) is 2.64. The molecule has 17 heavy (non-hydrogen) atoms. The van der Waals surface area contributed by atoms with Gasteiger partial charge in [0.1, 0.15) is 0 Å². The predicted octanol–water partition coefficient (Wildman–Crippen LogP) is -0.184. The molecule has 0 aromatic carbocycles. The molecular formula is C10H17N3O3S. The van der Waals surface area contributed by atoms with Gasteiger partial charge in [0.05, 0.1) is 11.5 Å². The van der Waals surface area contributed by atoms with Crippen molar-refractivity contribution in [3.63, 3.8) is 0 Å². The summed E-state index contributed by atoms with van der Waals surface area (Å²) in [6, 6.07) is 1.78. The van der Waals surface area contributed by atoms with Crippen molar-refractivity contribution in [1.29, 1.82) is 5.26 Å². The van der Waals surface area contributed by atoms with Crippen molar-refractivity contribution in [2.45, 2.75) is 31.9 Å². The van der Waals surface area contributed by atoms with Gasteiger partial charge in [0.25, 0.3) is 0 Å². The zero-order valence-electron chi connectivity index (χ0n) is 10.0. The van der Waals surface area contributed by atoms with Gasteiger partial charge in [-0.05, 0) is 19.8 Å². The third-order valence-corrected chi connectivity index (χ3v) is 5.46. The molecule has 0 saturated carbocycles. The van der Waals surface area contributed by atoms with Gasteiger partial charge >= 0.3 is 0 Å². The summed E-state index contributed by atoms with van der Waals surface area (Å²) in [5.74, 6) is -0.500. The van der Waals surface area contributed by atoms with Gasteiger partial charge in [-0.2, -0.15) is 9.57 Å². The van der Waals surface area contributed by atoms with Crippen LogP contribution in [0.1, 0.15) is 26.7 Å². The Morgan fingerprint density at radius 1 is 1.65 bits per heavy atom. The van der Waals surface area contributed by atoms with E-state index in [-0.39, 0.29) is 19.5 Å². The second-order valence-electron chi connectivity index (χ2n) is 4.58. The molecule has 6 nitrogen and oxygen atoms in total. The van der Waals surface area contributed by atoms with Crippen LogP contribution in [0.5, 0.6) is 0 Å². The predicted molar refractivity (Wildman–Crippen MR) is 62.1 cm³/mol. The molecule has 0 aromatic rings. The first-order chi connectivity index (χ1) is 7.78. The largest absolute Gasteiger partial charge is 0.369 e. The lowest BCUT2D eigenvalue weighted by molar-refractivity contribution is -0.126. The Morgan fingerprint density at radius 3 is 2.59 bits per heavy atom. The van der Waals surface area contributed by atoms with Crippen LogP contribution in [0.4, 0.5) is 0 Å². The highest BCUT2D eigenvalue weighted by atomic mass is 32.2. The Kier molecular flexibility index (Phi) is 3.79. The second-order valence-corrected chi connectivity index (χ2v) is 6.69. The molecule has 1 fully saturated rings. The second kappa shape index (κ2) is 4.63. The fraction of sp³-hybridized carbons (Fsp3) is 0.800. The molecule has 0 aromatic heterocycles. The van der Waals surface area contributed by atoms with Crippen molar-refractivity contribution in [1.82, 2.24) is 4.31 Å². The molecule has 1 aliphatic heterocycles. The molecule has 2 atom stereocenters. The molecule has 2 unspecified atom stereocenters. The minimum absolute atomic E-state index is 0.0723. The number of rotatable bonds is 4. The fourth-order valence-electron chi connectivity index (χ4n) is 1.89. The first-order valence-corrected chi connectivity index (χ1v) is 6.96. The maximum atomic E-state index is 12.1. The molecule has 1 heterocycles. The summed E-state index contributed by atoms with van der Waals surface area (Å²) in [6.45, 7) is 3.62. The van der Waals surface area contributed by atoms with Gasteiger partial charge in [0.15, 0.2) is 5.25 Å². The minimum Gasteiger partial charge on any atom is -0.369 e. The number of nitrogens with zero attached hydrogens (tertiary/aromatic N) is 2. The van der Waals surface area contributed by atoms with Crippen LogP contribution < -0.4 is 5.73 Å². The lowest BCUT2D eigenvalue weighted by Crippen LogP contribution is -2.41. The van der Waals surface area contributed by atoms with Gasteiger partial charge in [-0.3, -0.25) is 4.79 Å². The number of hydrogen-bond acceptors (Lipinski definition) is 4. The number of nitrogens with two attached hydrogens (primary N) is 1. The van der Waals surface area contributed by atoms with Crippen LogP contribution in [-0.4, -0.2) is 37.0 Å². The van der Waals surface area contributed by atoms with Crippen LogP contribution in [-0.2, 0) is 14.8 Å². The summed E-state index contributed by atoms with van der Waals surface area (Å²) >= 11 is 0. The van der Waals surface area contributed by atoms with Crippen LogP contribution in [0, 0.1) is 16.7 Å². The van der Waals surface area contributed by atoms with E-state index in [9.17, 15) is 13.2 Å². The van der Waals surface area contributed by atoms with Crippen LogP contribution in [0.25, 0.3) is 0 Å². The Bertz CT molecular complexity index is 454. The summed E-state index contributed by atoms with van der Waals surface area (Å²) in [5, 5.41) is 7.77. The number of carbonyl (C=O) groups is 1.